The number of carbonyl (C=O) groups is 1. The van der Waals surface area contributed by atoms with Gasteiger partial charge in [-0.15, -0.1) is 23.1 Å². The molecule has 0 aliphatic rings. The minimum atomic E-state index is -0.102. The molecule has 0 aliphatic heterocycles. The molecule has 7 nitrogen and oxygen atoms in total. The minimum Gasteiger partial charge on any atom is -0.396 e. The van der Waals surface area contributed by atoms with E-state index in [0.717, 1.165) is 9.90 Å². The van der Waals surface area contributed by atoms with Crippen molar-refractivity contribution in [3.8, 4) is 0 Å². The Balaban J connectivity index is 2.22. The van der Waals surface area contributed by atoms with Crippen molar-refractivity contribution in [2.45, 2.75) is 18.4 Å². The van der Waals surface area contributed by atoms with Crippen LogP contribution in [-0.2, 0) is 6.54 Å². The van der Waals surface area contributed by atoms with Gasteiger partial charge in [0.15, 0.2) is 5.82 Å². The summed E-state index contributed by atoms with van der Waals surface area (Å²) < 4.78 is 5.05. The average molecular weight is 327 g/mol. The maximum atomic E-state index is 12.1. The number of carbonyl (C=O) groups excluding carboxylic acids is 1. The number of hydrogen-bond donors (Lipinski definition) is 2. The Morgan fingerprint density at radius 1 is 1.52 bits per heavy atom. The number of anilines is 2. The second-order valence-corrected chi connectivity index (χ2v) is 6.33. The molecule has 0 spiro atoms. The molecule has 0 saturated heterocycles. The zero-order chi connectivity index (χ0) is 15.6. The molecule has 9 heteroatoms. The van der Waals surface area contributed by atoms with Crippen molar-refractivity contribution in [3.05, 3.63) is 16.6 Å². The van der Waals surface area contributed by atoms with Gasteiger partial charge in [-0.1, -0.05) is 5.16 Å². The van der Waals surface area contributed by atoms with Crippen LogP contribution in [0.1, 0.15) is 21.4 Å². The molecule has 2 aromatic heterocycles. The van der Waals surface area contributed by atoms with E-state index in [4.69, 9.17) is 10.3 Å². The van der Waals surface area contributed by atoms with Crippen molar-refractivity contribution in [3.63, 3.8) is 0 Å². The Morgan fingerprint density at radius 3 is 2.76 bits per heavy atom. The van der Waals surface area contributed by atoms with Crippen molar-refractivity contribution in [1.82, 2.24) is 15.0 Å². The maximum absolute atomic E-state index is 12.1. The van der Waals surface area contributed by atoms with Crippen molar-refractivity contribution < 1.29 is 9.32 Å². The third-order valence-electron chi connectivity index (χ3n) is 2.67. The molecular formula is C12H17N5O2S2. The smallest absolute Gasteiger partial charge is 0.265 e. The zero-order valence-electron chi connectivity index (χ0n) is 12.3. The van der Waals surface area contributed by atoms with Crippen LogP contribution in [0.2, 0.25) is 0 Å². The zero-order valence-corrected chi connectivity index (χ0v) is 13.9. The van der Waals surface area contributed by atoms with Gasteiger partial charge in [0.05, 0.1) is 17.1 Å². The first kappa shape index (κ1) is 15.6. The van der Waals surface area contributed by atoms with Crippen molar-refractivity contribution in [2.24, 2.45) is 0 Å². The molecular weight excluding hydrogens is 310 g/mol. The standard InChI is InChI=1S/C12H17N5O2S2/c1-6-15-7(19-16-6)5-14-11-9(20-4)8(13)10(21-11)12(18)17(2)3/h14H,5,13H2,1-4H3. The Bertz CT molecular complexity index is 650. The second-order valence-electron chi connectivity index (χ2n) is 4.50. The minimum absolute atomic E-state index is 0.102. The number of nitrogens with zero attached hydrogens (tertiary/aromatic N) is 3. The molecule has 2 rings (SSSR count). The van der Waals surface area contributed by atoms with Crippen LogP contribution in [-0.4, -0.2) is 41.3 Å². The summed E-state index contributed by atoms with van der Waals surface area (Å²) in [4.78, 5) is 19.1. The topological polar surface area (TPSA) is 97.3 Å². The van der Waals surface area contributed by atoms with Gasteiger partial charge in [0, 0.05) is 14.1 Å². The third-order valence-corrected chi connectivity index (χ3v) is 4.79. The lowest BCUT2D eigenvalue weighted by Gasteiger charge is -2.08. The number of nitrogen functional groups attached to an aromatic ring is 1. The number of aromatic nitrogens is 2. The summed E-state index contributed by atoms with van der Waals surface area (Å²) in [6, 6.07) is 0. The molecule has 0 unspecified atom stereocenters. The summed E-state index contributed by atoms with van der Waals surface area (Å²) in [7, 11) is 3.41. The average Bonchev–Trinajstić information content (AvgIpc) is 2.99. The van der Waals surface area contributed by atoms with Crippen LogP contribution in [0.4, 0.5) is 10.7 Å². The largest absolute Gasteiger partial charge is 0.396 e. The van der Waals surface area contributed by atoms with Crippen molar-refractivity contribution in [2.75, 3.05) is 31.4 Å². The van der Waals surface area contributed by atoms with E-state index in [0.29, 0.717) is 28.8 Å². The normalized spacial score (nSPS) is 10.7. The molecule has 114 valence electrons. The molecule has 0 fully saturated rings. The summed E-state index contributed by atoms with van der Waals surface area (Å²) >= 11 is 2.83. The predicted molar refractivity (Wildman–Crippen MR) is 84.9 cm³/mol. The highest BCUT2D eigenvalue weighted by molar-refractivity contribution is 7.99. The fraction of sp³-hybridized carbons (Fsp3) is 0.417. The van der Waals surface area contributed by atoms with Crippen molar-refractivity contribution >= 4 is 39.7 Å². The molecule has 0 bridgehead atoms. The molecule has 0 saturated carbocycles. The quantitative estimate of drug-likeness (QED) is 0.811. The number of rotatable bonds is 5. The summed E-state index contributed by atoms with van der Waals surface area (Å²) in [5.41, 5.74) is 6.59. The molecule has 21 heavy (non-hydrogen) atoms. The Hall–Kier alpha value is -1.74. The first-order valence-electron chi connectivity index (χ1n) is 6.15. The second kappa shape index (κ2) is 6.35. The van der Waals surface area contributed by atoms with E-state index in [2.05, 4.69) is 15.5 Å². The van der Waals surface area contributed by atoms with Crippen LogP contribution < -0.4 is 11.1 Å². The number of thiophene rings is 1. The number of hydrogen-bond acceptors (Lipinski definition) is 8. The molecule has 0 aliphatic carbocycles. The number of thioether (sulfide) groups is 1. The van der Waals surface area contributed by atoms with Crippen molar-refractivity contribution in [1.29, 1.82) is 0 Å². The molecule has 0 atom stereocenters. The van der Waals surface area contributed by atoms with Crippen LogP contribution in [0.25, 0.3) is 0 Å². The van der Waals surface area contributed by atoms with E-state index in [-0.39, 0.29) is 5.91 Å². The fourth-order valence-corrected chi connectivity index (χ4v) is 3.73. The highest BCUT2D eigenvalue weighted by atomic mass is 32.2. The number of nitrogens with two attached hydrogens (primary N) is 1. The summed E-state index contributed by atoms with van der Waals surface area (Å²) in [6.45, 7) is 2.15. The lowest BCUT2D eigenvalue weighted by Crippen LogP contribution is -2.21. The van der Waals surface area contributed by atoms with E-state index >= 15 is 0 Å². The van der Waals surface area contributed by atoms with E-state index in [9.17, 15) is 4.79 Å². The molecule has 0 radical (unpaired) electrons. The third kappa shape index (κ3) is 3.30. The van der Waals surface area contributed by atoms with Gasteiger partial charge < -0.3 is 20.5 Å². The highest BCUT2D eigenvalue weighted by Crippen LogP contribution is 2.42. The van der Waals surface area contributed by atoms with Crippen LogP contribution in [0.15, 0.2) is 9.42 Å². The lowest BCUT2D eigenvalue weighted by molar-refractivity contribution is 0.0833. The lowest BCUT2D eigenvalue weighted by atomic mass is 10.3. The number of aryl methyl sites for hydroxylation is 1. The number of nitrogens with one attached hydrogen (secondary N) is 1. The first-order chi connectivity index (χ1) is 9.93. The van der Waals surface area contributed by atoms with E-state index in [1.165, 1.54) is 28.0 Å². The SMILES string of the molecule is CSc1c(NCc2nc(C)no2)sc(C(=O)N(C)C)c1N. The van der Waals surface area contributed by atoms with Gasteiger partial charge in [-0.3, -0.25) is 4.79 Å². The monoisotopic (exact) mass is 327 g/mol. The Morgan fingerprint density at radius 2 is 2.24 bits per heavy atom. The van der Waals surface area contributed by atoms with Gasteiger partial charge in [0.2, 0.25) is 5.89 Å². The van der Waals surface area contributed by atoms with Gasteiger partial charge >= 0.3 is 0 Å². The van der Waals surface area contributed by atoms with Gasteiger partial charge in [-0.25, -0.2) is 0 Å². The highest BCUT2D eigenvalue weighted by Gasteiger charge is 2.22. The summed E-state index contributed by atoms with van der Waals surface area (Å²) in [6.07, 6.45) is 1.92. The maximum Gasteiger partial charge on any atom is 0.265 e. The van der Waals surface area contributed by atoms with E-state index < -0.39 is 0 Å². The molecule has 2 aromatic rings. The molecule has 1 amide bonds. The predicted octanol–water partition coefficient (Wildman–Crippen LogP) is 2.06. The van der Waals surface area contributed by atoms with Gasteiger partial charge in [-0.05, 0) is 13.2 Å². The van der Waals surface area contributed by atoms with Gasteiger partial charge in [0.1, 0.15) is 9.88 Å². The fourth-order valence-electron chi connectivity index (χ4n) is 1.68. The van der Waals surface area contributed by atoms with E-state index in [1.807, 2.05) is 6.26 Å². The molecule has 0 aromatic carbocycles. The Labute approximate surface area is 130 Å². The molecule has 2 heterocycles. The number of amides is 1. The first-order valence-corrected chi connectivity index (χ1v) is 8.19. The summed E-state index contributed by atoms with van der Waals surface area (Å²) in [5, 5.41) is 7.77. The summed E-state index contributed by atoms with van der Waals surface area (Å²) in [5.74, 6) is 0.979. The van der Waals surface area contributed by atoms with Gasteiger partial charge in [-0.2, -0.15) is 4.98 Å². The van der Waals surface area contributed by atoms with Crippen LogP contribution in [0.5, 0.6) is 0 Å². The van der Waals surface area contributed by atoms with Gasteiger partial charge in [0.25, 0.3) is 5.91 Å². The van der Waals surface area contributed by atoms with Crippen LogP contribution in [0.3, 0.4) is 0 Å². The van der Waals surface area contributed by atoms with E-state index in [1.54, 1.807) is 21.0 Å². The Kier molecular flexibility index (Phi) is 4.73. The van der Waals surface area contributed by atoms with Crippen LogP contribution in [0, 0.1) is 6.92 Å². The van der Waals surface area contributed by atoms with Crippen LogP contribution >= 0.6 is 23.1 Å². The molecule has 3 N–H and O–H groups in total.